The molecule has 2 aromatic carbocycles. The maximum Gasteiger partial charge on any atom is 1.00 e. The van der Waals surface area contributed by atoms with E-state index in [0.717, 1.165) is 26.6 Å². The van der Waals surface area contributed by atoms with Crippen LogP contribution in [0, 0.1) is 0 Å². The minimum atomic E-state index is -3.51. The number of rotatable bonds is 7. The summed E-state index contributed by atoms with van der Waals surface area (Å²) in [4.78, 5) is 15.4. The Balaban J connectivity index is 0.00000225. The van der Waals surface area contributed by atoms with Gasteiger partial charge < -0.3 is 6.53 Å². The molecule has 0 saturated carbocycles. The molecule has 0 aliphatic rings. The summed E-state index contributed by atoms with van der Waals surface area (Å²) in [5, 5.41) is 9.71. The molecule has 0 fully saturated rings. The van der Waals surface area contributed by atoms with Gasteiger partial charge in [0.15, 0.2) is 9.84 Å². The number of nitrogens with zero attached hydrogens (tertiary/aromatic N) is 1. The van der Waals surface area contributed by atoms with Crippen LogP contribution in [0.5, 0.6) is 0 Å². The Bertz CT molecular complexity index is 1170. The molecule has 29 heavy (non-hydrogen) atoms. The first kappa shape index (κ1) is 23.8. The summed E-state index contributed by atoms with van der Waals surface area (Å²) in [5.74, 6) is -1.19. The average Bonchev–Trinajstić information content (AvgIpc) is 2.66. The molecule has 0 amide bonds. The van der Waals surface area contributed by atoms with Crippen molar-refractivity contribution < 1.29 is 49.3 Å². The normalized spacial score (nSPS) is 11.5. The second-order valence-corrected chi connectivity index (χ2v) is 9.32. The van der Waals surface area contributed by atoms with Crippen molar-refractivity contribution in [3.63, 3.8) is 0 Å². The summed E-state index contributed by atoms with van der Waals surface area (Å²) in [6.07, 6.45) is 3.57. The van der Waals surface area contributed by atoms with E-state index in [4.69, 9.17) is 5.11 Å². The van der Waals surface area contributed by atoms with Crippen LogP contribution in [0.2, 0.25) is 0 Å². The topological polar surface area (TPSA) is 84.3 Å². The summed E-state index contributed by atoms with van der Waals surface area (Å²) in [7, 11) is -3.51. The maximum absolute atomic E-state index is 12.4. The molecule has 3 aromatic rings. The SMILES string of the molecule is O=C(O)CCCS(=O)(=O)c1cccc(/C=C/c2ccc3ccc(Br)cc3n2)c1.[H-].[Na+]. The molecular formula is C21H19BrNNaO4S. The summed E-state index contributed by atoms with van der Waals surface area (Å²) in [6.45, 7) is 0. The Morgan fingerprint density at radius 1 is 1.10 bits per heavy atom. The first-order chi connectivity index (χ1) is 13.3. The fourth-order valence-corrected chi connectivity index (χ4v) is 4.43. The van der Waals surface area contributed by atoms with Gasteiger partial charge in [0.05, 0.1) is 21.9 Å². The first-order valence-corrected chi connectivity index (χ1v) is 11.1. The zero-order valence-corrected chi connectivity index (χ0v) is 20.3. The molecule has 0 bridgehead atoms. The van der Waals surface area contributed by atoms with Gasteiger partial charge in [0, 0.05) is 16.3 Å². The van der Waals surface area contributed by atoms with Crippen LogP contribution in [0.3, 0.4) is 0 Å². The average molecular weight is 484 g/mol. The third kappa shape index (κ3) is 6.76. The van der Waals surface area contributed by atoms with Gasteiger partial charge in [-0.05, 0) is 48.4 Å². The number of hydrogen-bond acceptors (Lipinski definition) is 4. The van der Waals surface area contributed by atoms with Crippen LogP contribution < -0.4 is 29.6 Å². The number of carboxylic acids is 1. The Labute approximate surface area is 201 Å². The summed E-state index contributed by atoms with van der Waals surface area (Å²) in [5.41, 5.74) is 2.36. The number of aromatic nitrogens is 1. The van der Waals surface area contributed by atoms with Crippen LogP contribution >= 0.6 is 15.9 Å². The molecule has 8 heteroatoms. The Kier molecular flexibility index (Phi) is 8.60. The van der Waals surface area contributed by atoms with Crippen molar-refractivity contribution in [2.24, 2.45) is 0 Å². The minimum absolute atomic E-state index is 0. The van der Waals surface area contributed by atoms with E-state index in [2.05, 4.69) is 20.9 Å². The van der Waals surface area contributed by atoms with E-state index in [1.165, 1.54) is 6.07 Å². The van der Waals surface area contributed by atoms with Gasteiger partial charge in [-0.2, -0.15) is 0 Å². The number of fused-ring (bicyclic) bond motifs is 1. The van der Waals surface area contributed by atoms with E-state index in [-0.39, 0.29) is 54.5 Å². The van der Waals surface area contributed by atoms with Crippen molar-refractivity contribution in [1.82, 2.24) is 4.98 Å². The standard InChI is InChI=1S/C21H18BrNO4S.Na.H/c22-17-9-7-16-8-11-18(23-20(16)14-17)10-6-15-3-1-4-19(13-15)28(26,27)12-2-5-21(24)25;;/h1,3-4,6-11,13-14H,2,5,12H2,(H,24,25);;/q;+1;-1/b10-6+;;. The number of carbonyl (C=O) groups is 1. The van der Waals surface area contributed by atoms with Gasteiger partial charge in [-0.25, -0.2) is 13.4 Å². The predicted octanol–water partition coefficient (Wildman–Crippen LogP) is 1.92. The molecule has 146 valence electrons. The van der Waals surface area contributed by atoms with Crippen molar-refractivity contribution >= 4 is 54.8 Å². The summed E-state index contributed by atoms with van der Waals surface area (Å²) in [6, 6.07) is 16.4. The van der Waals surface area contributed by atoms with E-state index in [9.17, 15) is 13.2 Å². The maximum atomic E-state index is 12.4. The fraction of sp³-hybridized carbons (Fsp3) is 0.143. The molecule has 0 radical (unpaired) electrons. The number of sulfone groups is 1. The molecule has 0 saturated heterocycles. The minimum Gasteiger partial charge on any atom is -1.00 e. The number of benzene rings is 2. The largest absolute Gasteiger partial charge is 1.00 e. The zero-order chi connectivity index (χ0) is 20.1. The van der Waals surface area contributed by atoms with Crippen LogP contribution in [-0.2, 0) is 14.6 Å². The van der Waals surface area contributed by atoms with Crippen molar-refractivity contribution in [1.29, 1.82) is 0 Å². The van der Waals surface area contributed by atoms with Crippen molar-refractivity contribution in [2.45, 2.75) is 17.7 Å². The van der Waals surface area contributed by atoms with Gasteiger partial charge in [-0.3, -0.25) is 4.79 Å². The smallest absolute Gasteiger partial charge is 1.00 e. The summed E-state index contributed by atoms with van der Waals surface area (Å²) < 4.78 is 25.7. The predicted molar refractivity (Wildman–Crippen MR) is 115 cm³/mol. The molecular weight excluding hydrogens is 465 g/mol. The first-order valence-electron chi connectivity index (χ1n) is 8.62. The number of carboxylic acid groups (broad SMARTS) is 1. The number of pyridine rings is 1. The Morgan fingerprint density at radius 2 is 1.86 bits per heavy atom. The fourth-order valence-electron chi connectivity index (χ4n) is 2.72. The van der Waals surface area contributed by atoms with Gasteiger partial charge in [-0.1, -0.05) is 46.3 Å². The van der Waals surface area contributed by atoms with Gasteiger partial charge >= 0.3 is 35.5 Å². The van der Waals surface area contributed by atoms with E-state index < -0.39 is 15.8 Å². The molecule has 0 spiro atoms. The second-order valence-electron chi connectivity index (χ2n) is 6.30. The van der Waals surface area contributed by atoms with Gasteiger partial charge in [-0.15, -0.1) is 0 Å². The van der Waals surface area contributed by atoms with Gasteiger partial charge in [0.2, 0.25) is 0 Å². The molecule has 3 rings (SSSR count). The molecule has 5 nitrogen and oxygen atoms in total. The molecule has 1 aromatic heterocycles. The monoisotopic (exact) mass is 483 g/mol. The van der Waals surface area contributed by atoms with Crippen molar-refractivity contribution in [3.8, 4) is 0 Å². The quantitative estimate of drug-likeness (QED) is 0.519. The van der Waals surface area contributed by atoms with E-state index >= 15 is 0 Å². The third-order valence-corrected chi connectivity index (χ3v) is 6.43. The molecule has 0 aliphatic heterocycles. The van der Waals surface area contributed by atoms with Crippen molar-refractivity contribution in [3.05, 3.63) is 70.3 Å². The van der Waals surface area contributed by atoms with Gasteiger partial charge in [0.1, 0.15) is 0 Å². The van der Waals surface area contributed by atoms with Crippen LogP contribution in [0.25, 0.3) is 23.1 Å². The summed E-state index contributed by atoms with van der Waals surface area (Å²) >= 11 is 3.44. The van der Waals surface area contributed by atoms with Crippen LogP contribution in [0.4, 0.5) is 0 Å². The number of aliphatic carboxylic acids is 1. The molecule has 1 heterocycles. The molecule has 0 aliphatic carbocycles. The van der Waals surface area contributed by atoms with E-state index in [1.54, 1.807) is 12.1 Å². The Hall–Kier alpha value is -1.51. The number of hydrogen-bond donors (Lipinski definition) is 1. The molecule has 0 atom stereocenters. The molecule has 1 N–H and O–H groups in total. The van der Waals surface area contributed by atoms with Crippen LogP contribution in [0.1, 0.15) is 25.5 Å². The second kappa shape index (κ2) is 10.5. The zero-order valence-electron chi connectivity index (χ0n) is 16.9. The number of halogens is 1. The van der Waals surface area contributed by atoms with Crippen molar-refractivity contribution in [2.75, 3.05) is 5.75 Å². The van der Waals surface area contributed by atoms with E-state index in [1.807, 2.05) is 48.6 Å². The van der Waals surface area contributed by atoms with Crippen LogP contribution in [0.15, 0.2) is 64.0 Å². The molecule has 0 unspecified atom stereocenters. The Morgan fingerprint density at radius 3 is 2.62 bits per heavy atom. The van der Waals surface area contributed by atoms with Gasteiger partial charge in [0.25, 0.3) is 0 Å². The third-order valence-electron chi connectivity index (χ3n) is 4.14. The van der Waals surface area contributed by atoms with E-state index in [0.29, 0.717) is 0 Å². The van der Waals surface area contributed by atoms with Crippen LogP contribution in [-0.4, -0.2) is 30.2 Å².